The highest BCUT2D eigenvalue weighted by molar-refractivity contribution is 7.90. The SMILES string of the molecule is CNCc1cn(S(=O)(=O)c2cccnc2)c2cc(Nc3cc(Cl)c(Cl)cc3Cl)ccc12. The Bertz CT molecular complexity index is 1370. The first-order valence-corrected chi connectivity index (χ1v) is 11.7. The number of rotatable bonds is 6. The molecule has 0 radical (unpaired) electrons. The van der Waals surface area contributed by atoms with Crippen LogP contribution < -0.4 is 10.6 Å². The van der Waals surface area contributed by atoms with Gasteiger partial charge in [-0.25, -0.2) is 12.4 Å². The second-order valence-electron chi connectivity index (χ2n) is 6.78. The zero-order valence-corrected chi connectivity index (χ0v) is 19.3. The van der Waals surface area contributed by atoms with Gasteiger partial charge in [-0.05, 0) is 49.0 Å². The quantitative estimate of drug-likeness (QED) is 0.336. The van der Waals surface area contributed by atoms with E-state index in [0.29, 0.717) is 38.5 Å². The van der Waals surface area contributed by atoms with E-state index in [2.05, 4.69) is 15.6 Å². The van der Waals surface area contributed by atoms with E-state index in [4.69, 9.17) is 34.8 Å². The standard InChI is InChI=1S/C21H17Cl3N4O2S/c1-25-10-13-12-28(31(29,30)15-3-2-6-26-11-15)21-7-14(4-5-16(13)21)27-20-9-18(23)17(22)8-19(20)24/h2-9,11-12,25,27H,10H2,1H3. The second kappa shape index (κ2) is 8.68. The van der Waals surface area contributed by atoms with Crippen molar-refractivity contribution in [3.63, 3.8) is 0 Å². The van der Waals surface area contributed by atoms with Gasteiger partial charge in [-0.3, -0.25) is 4.98 Å². The second-order valence-corrected chi connectivity index (χ2v) is 9.81. The molecule has 4 aromatic rings. The molecule has 0 atom stereocenters. The summed E-state index contributed by atoms with van der Waals surface area (Å²) < 4.78 is 27.9. The maximum absolute atomic E-state index is 13.3. The number of nitrogens with zero attached hydrogens (tertiary/aromatic N) is 2. The molecule has 160 valence electrons. The number of fused-ring (bicyclic) bond motifs is 1. The lowest BCUT2D eigenvalue weighted by molar-refractivity contribution is 0.588. The molecule has 0 aliphatic heterocycles. The van der Waals surface area contributed by atoms with E-state index in [1.165, 1.54) is 22.4 Å². The molecule has 2 aromatic carbocycles. The maximum atomic E-state index is 13.3. The first-order chi connectivity index (χ1) is 14.8. The monoisotopic (exact) mass is 494 g/mol. The average Bonchev–Trinajstić information content (AvgIpc) is 3.11. The minimum Gasteiger partial charge on any atom is -0.354 e. The van der Waals surface area contributed by atoms with Crippen molar-refractivity contribution in [2.75, 3.05) is 12.4 Å². The van der Waals surface area contributed by atoms with Gasteiger partial charge >= 0.3 is 0 Å². The van der Waals surface area contributed by atoms with Crippen LogP contribution in [-0.2, 0) is 16.6 Å². The van der Waals surface area contributed by atoms with Gasteiger partial charge in [0.15, 0.2) is 0 Å². The molecular formula is C21H17Cl3N4O2S. The molecule has 0 spiro atoms. The van der Waals surface area contributed by atoms with Crippen LogP contribution in [0.15, 0.2) is 66.0 Å². The first kappa shape index (κ1) is 21.9. The van der Waals surface area contributed by atoms with Crippen LogP contribution in [0.4, 0.5) is 11.4 Å². The number of pyridine rings is 1. The Labute approximate surface area is 194 Å². The fourth-order valence-corrected chi connectivity index (χ4v) is 5.20. The van der Waals surface area contributed by atoms with Crippen LogP contribution in [0.25, 0.3) is 10.9 Å². The zero-order valence-electron chi connectivity index (χ0n) is 16.2. The molecule has 2 aromatic heterocycles. The Morgan fingerprint density at radius 2 is 1.81 bits per heavy atom. The number of nitrogens with one attached hydrogen (secondary N) is 2. The molecule has 4 rings (SSSR count). The lowest BCUT2D eigenvalue weighted by Gasteiger charge is -2.12. The third kappa shape index (κ3) is 4.24. The Kier molecular flexibility index (Phi) is 6.14. The predicted molar refractivity (Wildman–Crippen MR) is 126 cm³/mol. The number of hydrogen-bond acceptors (Lipinski definition) is 5. The summed E-state index contributed by atoms with van der Waals surface area (Å²) in [6.07, 6.45) is 4.48. The minimum absolute atomic E-state index is 0.105. The lowest BCUT2D eigenvalue weighted by Crippen LogP contribution is -2.12. The van der Waals surface area contributed by atoms with Gasteiger partial charge in [0, 0.05) is 36.2 Å². The van der Waals surface area contributed by atoms with E-state index in [0.717, 1.165) is 10.9 Å². The fourth-order valence-electron chi connectivity index (χ4n) is 3.26. The van der Waals surface area contributed by atoms with Gasteiger partial charge in [-0.2, -0.15) is 0 Å². The average molecular weight is 496 g/mol. The highest BCUT2D eigenvalue weighted by Crippen LogP contribution is 2.35. The third-order valence-electron chi connectivity index (χ3n) is 4.70. The molecule has 0 amide bonds. The van der Waals surface area contributed by atoms with Gasteiger partial charge in [0.25, 0.3) is 10.0 Å². The van der Waals surface area contributed by atoms with Gasteiger partial charge in [-0.15, -0.1) is 0 Å². The molecule has 2 heterocycles. The van der Waals surface area contributed by atoms with Crippen molar-refractivity contribution in [1.29, 1.82) is 0 Å². The summed E-state index contributed by atoms with van der Waals surface area (Å²) in [5.41, 5.74) is 2.57. The molecule has 0 aliphatic carbocycles. The molecule has 0 unspecified atom stereocenters. The summed E-state index contributed by atoms with van der Waals surface area (Å²) in [7, 11) is -2.03. The number of anilines is 2. The van der Waals surface area contributed by atoms with Gasteiger partial charge in [0.05, 0.1) is 26.3 Å². The van der Waals surface area contributed by atoms with Crippen molar-refractivity contribution in [1.82, 2.24) is 14.3 Å². The van der Waals surface area contributed by atoms with Crippen LogP contribution in [0.3, 0.4) is 0 Å². The molecule has 6 nitrogen and oxygen atoms in total. The van der Waals surface area contributed by atoms with Crippen molar-refractivity contribution in [3.05, 3.63) is 81.7 Å². The highest BCUT2D eigenvalue weighted by Gasteiger charge is 2.21. The molecule has 0 aliphatic rings. The van der Waals surface area contributed by atoms with Crippen LogP contribution in [0.5, 0.6) is 0 Å². The van der Waals surface area contributed by atoms with Crippen LogP contribution in [0.1, 0.15) is 5.56 Å². The van der Waals surface area contributed by atoms with Gasteiger partial charge < -0.3 is 10.6 Å². The number of hydrogen-bond donors (Lipinski definition) is 2. The number of benzene rings is 2. The fraction of sp³-hybridized carbons (Fsp3) is 0.0952. The molecule has 0 bridgehead atoms. The Morgan fingerprint density at radius 1 is 1.03 bits per heavy atom. The van der Waals surface area contributed by atoms with E-state index in [1.54, 1.807) is 37.5 Å². The summed E-state index contributed by atoms with van der Waals surface area (Å²) >= 11 is 18.4. The number of aromatic nitrogens is 2. The van der Waals surface area contributed by atoms with Crippen LogP contribution in [0, 0.1) is 0 Å². The van der Waals surface area contributed by atoms with Gasteiger partial charge in [0.1, 0.15) is 4.90 Å². The minimum atomic E-state index is -3.84. The van der Waals surface area contributed by atoms with E-state index < -0.39 is 10.0 Å². The van der Waals surface area contributed by atoms with Crippen molar-refractivity contribution < 1.29 is 8.42 Å². The number of halogens is 3. The molecule has 2 N–H and O–H groups in total. The molecule has 0 fully saturated rings. The van der Waals surface area contributed by atoms with Crippen LogP contribution in [-0.4, -0.2) is 24.4 Å². The van der Waals surface area contributed by atoms with Crippen molar-refractivity contribution in [2.24, 2.45) is 0 Å². The van der Waals surface area contributed by atoms with E-state index >= 15 is 0 Å². The van der Waals surface area contributed by atoms with Crippen LogP contribution >= 0.6 is 34.8 Å². The molecular weight excluding hydrogens is 479 g/mol. The summed E-state index contributed by atoms with van der Waals surface area (Å²) in [6.45, 7) is 0.511. The molecule has 10 heteroatoms. The molecule has 0 saturated heterocycles. The van der Waals surface area contributed by atoms with Gasteiger partial charge in [-0.1, -0.05) is 40.9 Å². The summed E-state index contributed by atoms with van der Waals surface area (Å²) in [5.74, 6) is 0. The zero-order chi connectivity index (χ0) is 22.2. The predicted octanol–water partition coefficient (Wildman–Crippen LogP) is 5.70. The van der Waals surface area contributed by atoms with Gasteiger partial charge in [0.2, 0.25) is 0 Å². The lowest BCUT2D eigenvalue weighted by atomic mass is 10.1. The Morgan fingerprint density at radius 3 is 2.52 bits per heavy atom. The largest absolute Gasteiger partial charge is 0.354 e. The Hall–Kier alpha value is -2.29. The summed E-state index contributed by atoms with van der Waals surface area (Å²) in [5, 5.41) is 8.16. The highest BCUT2D eigenvalue weighted by atomic mass is 35.5. The topological polar surface area (TPSA) is 76.0 Å². The summed E-state index contributed by atoms with van der Waals surface area (Å²) in [4.78, 5) is 4.05. The van der Waals surface area contributed by atoms with E-state index in [9.17, 15) is 8.42 Å². The third-order valence-corrected chi connectivity index (χ3v) is 7.39. The normalized spacial score (nSPS) is 11.7. The van der Waals surface area contributed by atoms with Crippen LogP contribution in [0.2, 0.25) is 15.1 Å². The Balaban J connectivity index is 1.85. The van der Waals surface area contributed by atoms with Crippen molar-refractivity contribution in [2.45, 2.75) is 11.4 Å². The van der Waals surface area contributed by atoms with E-state index in [-0.39, 0.29) is 4.90 Å². The van der Waals surface area contributed by atoms with E-state index in [1.807, 2.05) is 12.1 Å². The van der Waals surface area contributed by atoms with Crippen molar-refractivity contribution >= 4 is 67.1 Å². The molecule has 0 saturated carbocycles. The maximum Gasteiger partial charge on any atom is 0.269 e. The summed E-state index contributed by atoms with van der Waals surface area (Å²) in [6, 6.07) is 11.7. The van der Waals surface area contributed by atoms with Crippen molar-refractivity contribution in [3.8, 4) is 0 Å². The first-order valence-electron chi connectivity index (χ1n) is 9.17. The smallest absolute Gasteiger partial charge is 0.269 e. The molecule has 31 heavy (non-hydrogen) atoms.